The molecule has 1 aliphatic rings. The topological polar surface area (TPSA) is 55.6 Å². The number of hydrogen-bond acceptors (Lipinski definition) is 3. The van der Waals surface area contributed by atoms with E-state index < -0.39 is 23.7 Å². The maximum Gasteiger partial charge on any atom is 0.224 e. The number of rotatable bonds is 4. The van der Waals surface area contributed by atoms with Crippen molar-refractivity contribution < 1.29 is 18.3 Å². The van der Waals surface area contributed by atoms with E-state index >= 15 is 0 Å². The Hall–Kier alpha value is -1.53. The summed E-state index contributed by atoms with van der Waals surface area (Å²) in [6.07, 6.45) is 0.173. The molecule has 2 N–H and O–H groups in total. The maximum atomic E-state index is 13.3. The second-order valence-electron chi connectivity index (χ2n) is 4.60. The fourth-order valence-electron chi connectivity index (χ4n) is 2.44. The van der Waals surface area contributed by atoms with E-state index in [0.29, 0.717) is 18.7 Å². The summed E-state index contributed by atoms with van der Waals surface area (Å²) in [5.74, 6) is -1.47. The lowest BCUT2D eigenvalue weighted by Crippen LogP contribution is -2.35. The minimum atomic E-state index is -0.673. The number of carbonyl (C=O) groups excluding carboxylic acids is 1. The zero-order chi connectivity index (χ0) is 14.0. The highest BCUT2D eigenvalue weighted by atomic mass is 19.1. The molecule has 104 valence electrons. The van der Waals surface area contributed by atoms with Crippen molar-refractivity contribution in [2.45, 2.75) is 18.5 Å². The van der Waals surface area contributed by atoms with Crippen LogP contribution in [0.15, 0.2) is 18.2 Å². The van der Waals surface area contributed by atoms with Gasteiger partial charge in [-0.15, -0.1) is 0 Å². The molecular weight excluding hydrogens is 254 g/mol. The number of ether oxygens (including phenoxy) is 1. The van der Waals surface area contributed by atoms with Crippen LogP contribution in [0.25, 0.3) is 0 Å². The number of benzene rings is 1. The molecule has 2 rings (SSSR count). The van der Waals surface area contributed by atoms with Crippen LogP contribution in [0.3, 0.4) is 0 Å². The first-order chi connectivity index (χ1) is 9.02. The zero-order valence-corrected chi connectivity index (χ0v) is 10.6. The number of nitrogens with two attached hydrogens (primary N) is 1. The Labute approximate surface area is 110 Å². The first-order valence-electron chi connectivity index (χ1n) is 6.03. The molecule has 0 aromatic heterocycles. The average Bonchev–Trinajstić information content (AvgIpc) is 2.59. The Morgan fingerprint density at radius 2 is 2.00 bits per heavy atom. The molecule has 0 radical (unpaired) electrons. The van der Waals surface area contributed by atoms with Gasteiger partial charge in [0.05, 0.1) is 12.6 Å². The Morgan fingerprint density at radius 1 is 1.37 bits per heavy atom. The molecule has 1 aromatic carbocycles. The van der Waals surface area contributed by atoms with Crippen molar-refractivity contribution in [3.63, 3.8) is 0 Å². The van der Waals surface area contributed by atoms with E-state index in [2.05, 4.69) is 0 Å². The van der Waals surface area contributed by atoms with Gasteiger partial charge in [-0.05, 0) is 17.7 Å². The van der Waals surface area contributed by atoms with Crippen LogP contribution in [-0.4, -0.2) is 37.1 Å². The normalized spacial score (nSPS) is 23.2. The molecule has 0 saturated carbocycles. The van der Waals surface area contributed by atoms with Gasteiger partial charge in [-0.1, -0.05) is 0 Å². The van der Waals surface area contributed by atoms with Gasteiger partial charge >= 0.3 is 0 Å². The van der Waals surface area contributed by atoms with E-state index in [9.17, 15) is 13.6 Å². The number of methoxy groups -OCH3 is 1. The lowest BCUT2D eigenvalue weighted by molar-refractivity contribution is -0.129. The molecule has 0 spiro atoms. The van der Waals surface area contributed by atoms with Gasteiger partial charge in [0.15, 0.2) is 0 Å². The molecule has 6 heteroatoms. The predicted molar refractivity (Wildman–Crippen MR) is 65.3 cm³/mol. The minimum Gasteiger partial charge on any atom is -0.383 e. The van der Waals surface area contributed by atoms with Gasteiger partial charge in [0.2, 0.25) is 5.91 Å². The van der Waals surface area contributed by atoms with Crippen molar-refractivity contribution in [1.29, 1.82) is 0 Å². The largest absolute Gasteiger partial charge is 0.383 e. The smallest absolute Gasteiger partial charge is 0.224 e. The van der Waals surface area contributed by atoms with Crippen LogP contribution in [0.2, 0.25) is 0 Å². The van der Waals surface area contributed by atoms with Gasteiger partial charge < -0.3 is 15.4 Å². The third-order valence-electron chi connectivity index (χ3n) is 3.23. The number of halogens is 2. The van der Waals surface area contributed by atoms with Crippen molar-refractivity contribution in [2.24, 2.45) is 5.73 Å². The third-order valence-corrected chi connectivity index (χ3v) is 3.23. The maximum absolute atomic E-state index is 13.3. The lowest BCUT2D eigenvalue weighted by atomic mass is 10.0. The summed E-state index contributed by atoms with van der Waals surface area (Å²) >= 11 is 0. The quantitative estimate of drug-likeness (QED) is 0.894. The van der Waals surface area contributed by atoms with Crippen LogP contribution in [-0.2, 0) is 9.53 Å². The highest BCUT2D eigenvalue weighted by molar-refractivity contribution is 5.80. The molecule has 2 unspecified atom stereocenters. The van der Waals surface area contributed by atoms with Crippen LogP contribution < -0.4 is 5.73 Å². The molecule has 4 nitrogen and oxygen atoms in total. The molecule has 1 amide bonds. The number of amides is 1. The average molecular weight is 270 g/mol. The van der Waals surface area contributed by atoms with Gasteiger partial charge in [0, 0.05) is 32.2 Å². The fourth-order valence-corrected chi connectivity index (χ4v) is 2.44. The second kappa shape index (κ2) is 5.63. The monoisotopic (exact) mass is 270 g/mol. The molecule has 0 aliphatic carbocycles. The Kier molecular flexibility index (Phi) is 4.11. The molecule has 2 atom stereocenters. The summed E-state index contributed by atoms with van der Waals surface area (Å²) in [4.78, 5) is 13.4. The summed E-state index contributed by atoms with van der Waals surface area (Å²) in [7, 11) is 1.53. The SMILES string of the molecule is COCCN1C(=O)CC(N)C1c1cc(F)cc(F)c1. The van der Waals surface area contributed by atoms with Crippen LogP contribution in [0.5, 0.6) is 0 Å². The van der Waals surface area contributed by atoms with E-state index in [-0.39, 0.29) is 12.3 Å². The highest BCUT2D eigenvalue weighted by Crippen LogP contribution is 2.32. The molecule has 1 heterocycles. The van der Waals surface area contributed by atoms with Crippen molar-refractivity contribution >= 4 is 5.91 Å². The minimum absolute atomic E-state index is 0.126. The molecule has 1 saturated heterocycles. The summed E-state index contributed by atoms with van der Waals surface area (Å²) < 4.78 is 31.5. The van der Waals surface area contributed by atoms with Crippen LogP contribution in [0.1, 0.15) is 18.0 Å². The third kappa shape index (κ3) is 2.90. The summed E-state index contributed by atoms with van der Waals surface area (Å²) in [5, 5.41) is 0. The number of nitrogens with zero attached hydrogens (tertiary/aromatic N) is 1. The lowest BCUT2D eigenvalue weighted by Gasteiger charge is -2.27. The second-order valence-corrected chi connectivity index (χ2v) is 4.60. The van der Waals surface area contributed by atoms with E-state index in [4.69, 9.17) is 10.5 Å². The molecule has 1 fully saturated rings. The van der Waals surface area contributed by atoms with Crippen molar-refractivity contribution in [3.8, 4) is 0 Å². The summed E-state index contributed by atoms with van der Waals surface area (Å²) in [5.41, 5.74) is 6.30. The predicted octanol–water partition coefficient (Wildman–Crippen LogP) is 1.21. The van der Waals surface area contributed by atoms with Gasteiger partial charge in [-0.25, -0.2) is 8.78 Å². The van der Waals surface area contributed by atoms with Gasteiger partial charge in [0.1, 0.15) is 11.6 Å². The van der Waals surface area contributed by atoms with Gasteiger partial charge in [-0.3, -0.25) is 4.79 Å². The first kappa shape index (κ1) is 13.9. The van der Waals surface area contributed by atoms with Crippen LogP contribution in [0.4, 0.5) is 8.78 Å². The van der Waals surface area contributed by atoms with Crippen molar-refractivity contribution in [3.05, 3.63) is 35.4 Å². The summed E-state index contributed by atoms with van der Waals surface area (Å²) in [6.45, 7) is 0.707. The van der Waals surface area contributed by atoms with E-state index in [1.165, 1.54) is 24.1 Å². The molecule has 1 aromatic rings. The molecule has 0 bridgehead atoms. The Bertz CT molecular complexity index is 461. The van der Waals surface area contributed by atoms with Crippen molar-refractivity contribution in [1.82, 2.24) is 4.90 Å². The Balaban J connectivity index is 2.30. The molecular formula is C13H16F2N2O2. The number of hydrogen-bond donors (Lipinski definition) is 1. The fraction of sp³-hybridized carbons (Fsp3) is 0.462. The zero-order valence-electron chi connectivity index (χ0n) is 10.6. The Morgan fingerprint density at radius 3 is 2.58 bits per heavy atom. The van der Waals surface area contributed by atoms with Crippen molar-refractivity contribution in [2.75, 3.05) is 20.3 Å². The highest BCUT2D eigenvalue weighted by Gasteiger charge is 2.38. The standard InChI is InChI=1S/C13H16F2N2O2/c1-19-3-2-17-12(18)7-11(16)13(17)8-4-9(14)6-10(15)5-8/h4-6,11,13H,2-3,7,16H2,1H3. The number of carbonyl (C=O) groups is 1. The first-order valence-corrected chi connectivity index (χ1v) is 6.03. The number of likely N-dealkylation sites (tertiary alicyclic amines) is 1. The van der Waals surface area contributed by atoms with Crippen LogP contribution in [0, 0.1) is 11.6 Å². The summed E-state index contributed by atoms with van der Waals surface area (Å²) in [6, 6.07) is 2.25. The van der Waals surface area contributed by atoms with E-state index in [1.54, 1.807) is 0 Å². The molecule has 1 aliphatic heterocycles. The molecule has 19 heavy (non-hydrogen) atoms. The van der Waals surface area contributed by atoms with Gasteiger partial charge in [-0.2, -0.15) is 0 Å². The van der Waals surface area contributed by atoms with Crippen LogP contribution >= 0.6 is 0 Å². The van der Waals surface area contributed by atoms with E-state index in [0.717, 1.165) is 6.07 Å². The van der Waals surface area contributed by atoms with Gasteiger partial charge in [0.25, 0.3) is 0 Å². The van der Waals surface area contributed by atoms with E-state index in [1.807, 2.05) is 0 Å².